The van der Waals surface area contributed by atoms with Gasteiger partial charge in [-0.3, -0.25) is 14.5 Å². The molecule has 0 spiro atoms. The third-order valence-corrected chi connectivity index (χ3v) is 7.96. The highest BCUT2D eigenvalue weighted by atomic mass is 127. The minimum absolute atomic E-state index is 0.0530. The number of rotatable bonds is 10. The minimum atomic E-state index is -0.493. The zero-order valence-corrected chi connectivity index (χ0v) is 22.6. The predicted octanol–water partition coefficient (Wildman–Crippen LogP) is 6.02. The lowest BCUT2D eigenvalue weighted by atomic mass is 9.94. The van der Waals surface area contributed by atoms with Crippen LogP contribution in [0.4, 0.5) is 10.1 Å². The number of carbonyl (C=O) groups excluding carboxylic acids is 1. The maximum atomic E-state index is 14.4. The van der Waals surface area contributed by atoms with E-state index in [9.17, 15) is 9.18 Å². The van der Waals surface area contributed by atoms with Crippen LogP contribution in [0.5, 0.6) is 0 Å². The molecule has 7 heteroatoms. The van der Waals surface area contributed by atoms with Crippen molar-refractivity contribution in [2.24, 2.45) is 5.92 Å². The van der Waals surface area contributed by atoms with E-state index in [0.717, 1.165) is 36.6 Å². The van der Waals surface area contributed by atoms with Crippen molar-refractivity contribution in [3.63, 3.8) is 0 Å². The highest BCUT2D eigenvalue weighted by molar-refractivity contribution is 14.1. The van der Waals surface area contributed by atoms with Gasteiger partial charge in [-0.2, -0.15) is 5.06 Å². The first-order chi connectivity index (χ1) is 17.5. The molecular formula is C29H32FIN2O3. The maximum Gasteiger partial charge on any atom is 0.247 e. The number of carbonyl (C=O) groups is 1. The molecule has 4 rings (SSSR count). The van der Waals surface area contributed by atoms with Gasteiger partial charge < -0.3 is 4.74 Å². The lowest BCUT2D eigenvalue weighted by Crippen LogP contribution is -2.52. The Kier molecular flexibility index (Phi) is 9.86. The predicted molar refractivity (Wildman–Crippen MR) is 148 cm³/mol. The van der Waals surface area contributed by atoms with Crippen LogP contribution in [0, 0.1) is 11.7 Å². The molecule has 0 aliphatic carbocycles. The molecule has 0 radical (unpaired) electrons. The summed E-state index contributed by atoms with van der Waals surface area (Å²) in [6, 6.07) is 26.8. The number of piperidine rings is 1. The number of likely N-dealkylation sites (tertiary alicyclic amines) is 1. The Hall–Kier alpha value is -2.33. The van der Waals surface area contributed by atoms with Crippen molar-refractivity contribution in [3.8, 4) is 0 Å². The Bertz CT molecular complexity index is 1100. The number of alkyl halides is 1. The average Bonchev–Trinajstić information content (AvgIpc) is 2.90. The molecule has 0 N–H and O–H groups in total. The molecule has 0 aromatic heterocycles. The third-order valence-electron chi connectivity index (χ3n) is 6.46. The molecule has 3 unspecified atom stereocenters. The number of hydroxylamine groups is 1. The number of ether oxygens (including phenoxy) is 1. The lowest BCUT2D eigenvalue weighted by Gasteiger charge is -2.43. The number of para-hydroxylation sites is 1. The van der Waals surface area contributed by atoms with Gasteiger partial charge in [-0.25, -0.2) is 4.39 Å². The molecule has 3 aromatic rings. The molecule has 0 bridgehead atoms. The summed E-state index contributed by atoms with van der Waals surface area (Å²) in [5.74, 6) is -0.808. The molecule has 0 saturated carbocycles. The number of benzene rings is 3. The topological polar surface area (TPSA) is 42.0 Å². The van der Waals surface area contributed by atoms with Gasteiger partial charge in [0.1, 0.15) is 11.5 Å². The molecule has 1 aliphatic heterocycles. The summed E-state index contributed by atoms with van der Waals surface area (Å²) in [7, 11) is 0. The van der Waals surface area contributed by atoms with Crippen molar-refractivity contribution in [3.05, 3.63) is 102 Å². The summed E-state index contributed by atoms with van der Waals surface area (Å²) in [6.45, 7) is 3.98. The molecular weight excluding hydrogens is 570 g/mol. The summed E-state index contributed by atoms with van der Waals surface area (Å²) < 4.78 is 21.0. The molecule has 1 fully saturated rings. The minimum Gasteiger partial charge on any atom is -0.371 e. The van der Waals surface area contributed by atoms with Gasteiger partial charge in [0.25, 0.3) is 0 Å². The summed E-state index contributed by atoms with van der Waals surface area (Å²) in [6.07, 6.45) is 1.72. The van der Waals surface area contributed by atoms with Gasteiger partial charge in [0.2, 0.25) is 5.91 Å². The van der Waals surface area contributed by atoms with Gasteiger partial charge in [0, 0.05) is 19.4 Å². The Labute approximate surface area is 226 Å². The summed E-state index contributed by atoms with van der Waals surface area (Å²) in [4.78, 5) is 20.7. The van der Waals surface area contributed by atoms with Crippen LogP contribution in [0.3, 0.4) is 0 Å². The van der Waals surface area contributed by atoms with Crippen molar-refractivity contribution in [1.82, 2.24) is 4.90 Å². The quantitative estimate of drug-likeness (QED) is 0.123. The number of hydrogen-bond donors (Lipinski definition) is 0. The van der Waals surface area contributed by atoms with Crippen molar-refractivity contribution < 1.29 is 18.8 Å². The Morgan fingerprint density at radius 1 is 1.00 bits per heavy atom. The second kappa shape index (κ2) is 13.3. The molecule has 1 amide bonds. The molecule has 36 heavy (non-hydrogen) atoms. The Morgan fingerprint density at radius 2 is 1.64 bits per heavy atom. The van der Waals surface area contributed by atoms with E-state index in [1.807, 2.05) is 24.3 Å². The van der Waals surface area contributed by atoms with Crippen molar-refractivity contribution in [2.75, 3.05) is 24.8 Å². The Morgan fingerprint density at radius 3 is 2.31 bits per heavy atom. The first kappa shape index (κ1) is 26.7. The van der Waals surface area contributed by atoms with Crippen LogP contribution >= 0.6 is 22.6 Å². The van der Waals surface area contributed by atoms with Gasteiger partial charge >= 0.3 is 0 Å². The van der Waals surface area contributed by atoms with Crippen LogP contribution < -0.4 is 5.06 Å². The molecule has 1 saturated heterocycles. The highest BCUT2D eigenvalue weighted by Gasteiger charge is 2.38. The van der Waals surface area contributed by atoms with Gasteiger partial charge in [-0.1, -0.05) is 95.4 Å². The number of amides is 1. The second-order valence-electron chi connectivity index (χ2n) is 9.01. The van der Waals surface area contributed by atoms with E-state index in [1.165, 1.54) is 18.6 Å². The molecule has 3 aromatic carbocycles. The van der Waals surface area contributed by atoms with E-state index >= 15 is 0 Å². The van der Waals surface area contributed by atoms with Gasteiger partial charge in [-0.15, -0.1) is 0 Å². The largest absolute Gasteiger partial charge is 0.371 e. The number of anilines is 1. The highest BCUT2D eigenvalue weighted by Crippen LogP contribution is 2.32. The van der Waals surface area contributed by atoms with E-state index in [4.69, 9.17) is 9.57 Å². The van der Waals surface area contributed by atoms with E-state index in [2.05, 4.69) is 63.9 Å². The van der Waals surface area contributed by atoms with E-state index < -0.39 is 5.82 Å². The number of nitrogens with zero attached hydrogens (tertiary/aromatic N) is 2. The van der Waals surface area contributed by atoms with Crippen LogP contribution in [0.15, 0.2) is 84.9 Å². The van der Waals surface area contributed by atoms with Crippen LogP contribution in [-0.2, 0) is 27.4 Å². The van der Waals surface area contributed by atoms with E-state index in [-0.39, 0.29) is 34.3 Å². The fourth-order valence-corrected chi connectivity index (χ4v) is 5.83. The van der Waals surface area contributed by atoms with Crippen LogP contribution in [0.2, 0.25) is 0 Å². The number of hydrogen-bond acceptors (Lipinski definition) is 4. The van der Waals surface area contributed by atoms with Gasteiger partial charge in [0.05, 0.1) is 23.4 Å². The third kappa shape index (κ3) is 7.12. The van der Waals surface area contributed by atoms with E-state index in [0.29, 0.717) is 6.61 Å². The fraction of sp³-hybridized carbons (Fsp3) is 0.345. The summed E-state index contributed by atoms with van der Waals surface area (Å²) in [5.41, 5.74) is 2.55. The maximum absolute atomic E-state index is 14.4. The SMILES string of the molecule is CC(=O)N(OCC1CCN(CCc2ccccc2)C(I)C1OCc1ccccc1)c1ccccc1F. The number of halogens is 2. The van der Waals surface area contributed by atoms with Crippen LogP contribution in [-0.4, -0.2) is 40.7 Å². The standard InChI is InChI=1S/C29H32FIN2O3/c1-22(34)33(27-15-9-8-14-26(27)30)36-21-25-17-19-32(18-16-23-10-4-2-5-11-23)29(31)28(25)35-20-24-12-6-3-7-13-24/h2-15,25,28-29H,16-21H2,1H3. The second-order valence-corrected chi connectivity index (χ2v) is 10.3. The van der Waals surface area contributed by atoms with Gasteiger partial charge in [-0.05, 0) is 42.6 Å². The first-order valence-electron chi connectivity index (χ1n) is 12.3. The van der Waals surface area contributed by atoms with Crippen molar-refractivity contribution in [2.45, 2.75) is 36.5 Å². The first-order valence-corrected chi connectivity index (χ1v) is 13.5. The van der Waals surface area contributed by atoms with E-state index in [1.54, 1.807) is 18.2 Å². The smallest absolute Gasteiger partial charge is 0.247 e. The summed E-state index contributed by atoms with van der Waals surface area (Å²) >= 11 is 2.47. The average molecular weight is 602 g/mol. The zero-order valence-electron chi connectivity index (χ0n) is 20.4. The monoisotopic (exact) mass is 602 g/mol. The van der Waals surface area contributed by atoms with Crippen molar-refractivity contribution >= 4 is 34.2 Å². The molecule has 3 atom stereocenters. The lowest BCUT2D eigenvalue weighted by molar-refractivity contribution is -0.127. The van der Waals surface area contributed by atoms with Crippen molar-refractivity contribution in [1.29, 1.82) is 0 Å². The Balaban J connectivity index is 1.45. The molecule has 190 valence electrons. The molecule has 1 heterocycles. The molecule has 1 aliphatic rings. The van der Waals surface area contributed by atoms with Crippen LogP contribution in [0.1, 0.15) is 24.5 Å². The normalized spacial score (nSPS) is 20.2. The summed E-state index contributed by atoms with van der Waals surface area (Å²) in [5, 5.41) is 1.06. The molecule has 5 nitrogen and oxygen atoms in total. The fourth-order valence-electron chi connectivity index (χ4n) is 4.48. The van der Waals surface area contributed by atoms with Gasteiger partial charge in [0.15, 0.2) is 0 Å². The zero-order chi connectivity index (χ0) is 25.3. The van der Waals surface area contributed by atoms with Crippen LogP contribution in [0.25, 0.3) is 0 Å².